The van der Waals surface area contributed by atoms with Gasteiger partial charge in [-0.3, -0.25) is 14.5 Å². The Hall–Kier alpha value is -2.08. The van der Waals surface area contributed by atoms with Crippen LogP contribution < -0.4 is 0 Å². The minimum Gasteiger partial charge on any atom is -0.467 e. The SMILES string of the molecule is COC(=O)C(C)N1C(=O)SC(=Cc2ccccc2C)C1=O. The standard InChI is InChI=1S/C15H15NO4S/c1-9-6-4-5-7-11(9)8-12-13(17)16(15(19)21-12)10(2)14(18)20-3/h4-8,10H,1-3H3. The number of rotatable bonds is 3. The molecule has 1 atom stereocenters. The van der Waals surface area contributed by atoms with Crippen molar-refractivity contribution in [2.24, 2.45) is 0 Å². The molecule has 1 aromatic rings. The molecule has 2 amide bonds. The predicted octanol–water partition coefficient (Wildman–Crippen LogP) is 2.59. The molecule has 110 valence electrons. The van der Waals surface area contributed by atoms with Gasteiger partial charge in [-0.2, -0.15) is 0 Å². The van der Waals surface area contributed by atoms with Crippen LogP contribution in [0.4, 0.5) is 4.79 Å². The van der Waals surface area contributed by atoms with Crippen LogP contribution in [0.1, 0.15) is 18.1 Å². The maximum absolute atomic E-state index is 12.3. The van der Waals surface area contributed by atoms with Gasteiger partial charge in [0, 0.05) is 0 Å². The van der Waals surface area contributed by atoms with E-state index in [9.17, 15) is 14.4 Å². The summed E-state index contributed by atoms with van der Waals surface area (Å²) in [5, 5.41) is -0.460. The maximum atomic E-state index is 12.3. The van der Waals surface area contributed by atoms with Crippen LogP contribution in [-0.4, -0.2) is 35.2 Å². The van der Waals surface area contributed by atoms with Crippen LogP contribution in [0.15, 0.2) is 29.2 Å². The Balaban J connectivity index is 2.30. The summed E-state index contributed by atoms with van der Waals surface area (Å²) < 4.78 is 4.58. The van der Waals surface area contributed by atoms with Crippen molar-refractivity contribution >= 4 is 35.0 Å². The summed E-state index contributed by atoms with van der Waals surface area (Å²) in [7, 11) is 1.22. The largest absolute Gasteiger partial charge is 0.467 e. The molecule has 0 aliphatic carbocycles. The second-order valence-electron chi connectivity index (χ2n) is 4.61. The number of hydrogen-bond donors (Lipinski definition) is 0. The summed E-state index contributed by atoms with van der Waals surface area (Å²) >= 11 is 0.832. The number of hydrogen-bond acceptors (Lipinski definition) is 5. The third kappa shape index (κ3) is 3.00. The number of ether oxygens (including phenoxy) is 1. The first-order valence-corrected chi connectivity index (χ1v) is 7.18. The van der Waals surface area contributed by atoms with Crippen LogP contribution >= 0.6 is 11.8 Å². The van der Waals surface area contributed by atoms with Crippen LogP contribution in [0.5, 0.6) is 0 Å². The van der Waals surface area contributed by atoms with E-state index in [1.807, 2.05) is 31.2 Å². The van der Waals surface area contributed by atoms with Gasteiger partial charge < -0.3 is 4.74 Å². The zero-order chi connectivity index (χ0) is 15.6. The summed E-state index contributed by atoms with van der Waals surface area (Å²) in [6, 6.07) is 6.63. The van der Waals surface area contributed by atoms with E-state index in [0.717, 1.165) is 27.8 Å². The summed E-state index contributed by atoms with van der Waals surface area (Å²) in [5.41, 5.74) is 1.87. The number of thioether (sulfide) groups is 1. The highest BCUT2D eigenvalue weighted by atomic mass is 32.2. The molecule has 5 nitrogen and oxygen atoms in total. The molecule has 1 saturated heterocycles. The van der Waals surface area contributed by atoms with E-state index in [-0.39, 0.29) is 0 Å². The van der Waals surface area contributed by atoms with E-state index in [2.05, 4.69) is 4.74 Å². The molecular formula is C15H15NO4S. The fraction of sp³-hybridized carbons (Fsp3) is 0.267. The summed E-state index contributed by atoms with van der Waals surface area (Å²) in [4.78, 5) is 37.0. The molecule has 6 heteroatoms. The molecule has 1 aliphatic heterocycles. The van der Waals surface area contributed by atoms with Gasteiger partial charge in [-0.1, -0.05) is 24.3 Å². The third-order valence-electron chi connectivity index (χ3n) is 3.23. The topological polar surface area (TPSA) is 63.7 Å². The smallest absolute Gasteiger partial charge is 0.328 e. The number of aryl methyl sites for hydroxylation is 1. The van der Waals surface area contributed by atoms with Crippen LogP contribution in [0.3, 0.4) is 0 Å². The number of esters is 1. The van der Waals surface area contributed by atoms with Gasteiger partial charge in [-0.15, -0.1) is 0 Å². The lowest BCUT2D eigenvalue weighted by atomic mass is 10.1. The Kier molecular flexibility index (Phi) is 4.47. The van der Waals surface area contributed by atoms with Crippen molar-refractivity contribution in [3.05, 3.63) is 40.3 Å². The minimum absolute atomic E-state index is 0.310. The van der Waals surface area contributed by atoms with Gasteiger partial charge in [0.1, 0.15) is 6.04 Å². The zero-order valence-corrected chi connectivity index (χ0v) is 12.8. The first kappa shape index (κ1) is 15.3. The number of carbonyl (C=O) groups is 3. The van der Waals surface area contributed by atoms with Crippen molar-refractivity contribution in [1.29, 1.82) is 0 Å². The first-order chi connectivity index (χ1) is 9.95. The molecule has 0 bridgehead atoms. The molecule has 0 radical (unpaired) electrons. The average molecular weight is 305 g/mol. The van der Waals surface area contributed by atoms with E-state index in [1.54, 1.807) is 6.08 Å². The summed E-state index contributed by atoms with van der Waals surface area (Å²) in [5.74, 6) is -1.08. The molecule has 0 aromatic heterocycles. The number of amides is 2. The van der Waals surface area contributed by atoms with Crippen molar-refractivity contribution in [3.8, 4) is 0 Å². The second-order valence-corrected chi connectivity index (χ2v) is 5.60. The highest BCUT2D eigenvalue weighted by Crippen LogP contribution is 2.34. The number of benzene rings is 1. The number of methoxy groups -OCH3 is 1. The van der Waals surface area contributed by atoms with Crippen molar-refractivity contribution in [1.82, 2.24) is 4.90 Å². The van der Waals surface area contributed by atoms with E-state index in [4.69, 9.17) is 0 Å². The van der Waals surface area contributed by atoms with Crippen LogP contribution in [-0.2, 0) is 14.3 Å². The molecule has 1 heterocycles. The number of nitrogens with zero attached hydrogens (tertiary/aromatic N) is 1. The van der Waals surface area contributed by atoms with Crippen molar-refractivity contribution in [3.63, 3.8) is 0 Å². The Labute approximate surface area is 127 Å². The maximum Gasteiger partial charge on any atom is 0.328 e. The van der Waals surface area contributed by atoms with Crippen LogP contribution in [0, 0.1) is 6.92 Å². The zero-order valence-electron chi connectivity index (χ0n) is 12.0. The third-order valence-corrected chi connectivity index (χ3v) is 4.11. The fourth-order valence-corrected chi connectivity index (χ4v) is 2.88. The molecule has 2 rings (SSSR count). The van der Waals surface area contributed by atoms with Crippen molar-refractivity contribution in [2.75, 3.05) is 7.11 Å². The number of carbonyl (C=O) groups excluding carboxylic acids is 3. The van der Waals surface area contributed by atoms with Crippen LogP contribution in [0.2, 0.25) is 0 Å². The molecule has 0 saturated carbocycles. The van der Waals surface area contributed by atoms with Crippen molar-refractivity contribution < 1.29 is 19.1 Å². The molecule has 1 unspecified atom stereocenters. The van der Waals surface area contributed by atoms with Gasteiger partial charge in [0.15, 0.2) is 0 Å². The van der Waals surface area contributed by atoms with E-state index in [1.165, 1.54) is 14.0 Å². The van der Waals surface area contributed by atoms with Gasteiger partial charge in [0.05, 0.1) is 12.0 Å². The molecule has 21 heavy (non-hydrogen) atoms. The van der Waals surface area contributed by atoms with Gasteiger partial charge in [-0.25, -0.2) is 4.79 Å². The first-order valence-electron chi connectivity index (χ1n) is 6.36. The molecule has 1 aromatic carbocycles. The van der Waals surface area contributed by atoms with Crippen molar-refractivity contribution in [2.45, 2.75) is 19.9 Å². The van der Waals surface area contributed by atoms with Crippen LogP contribution in [0.25, 0.3) is 6.08 Å². The Morgan fingerprint density at radius 2 is 2.00 bits per heavy atom. The monoisotopic (exact) mass is 305 g/mol. The molecule has 0 N–H and O–H groups in total. The summed E-state index contributed by atoms with van der Waals surface area (Å²) in [6.45, 7) is 3.39. The lowest BCUT2D eigenvalue weighted by molar-refractivity contribution is -0.148. The van der Waals surface area contributed by atoms with Gasteiger partial charge in [0.25, 0.3) is 11.1 Å². The molecule has 0 spiro atoms. The minimum atomic E-state index is -0.926. The van der Waals surface area contributed by atoms with E-state index in [0.29, 0.717) is 4.91 Å². The predicted molar refractivity (Wildman–Crippen MR) is 80.5 cm³/mol. The van der Waals surface area contributed by atoms with Gasteiger partial charge >= 0.3 is 5.97 Å². The lowest BCUT2D eigenvalue weighted by Gasteiger charge is -2.18. The number of imide groups is 1. The van der Waals surface area contributed by atoms with Gasteiger partial charge in [-0.05, 0) is 42.8 Å². The molecule has 1 aliphatic rings. The van der Waals surface area contributed by atoms with E-state index >= 15 is 0 Å². The van der Waals surface area contributed by atoms with E-state index < -0.39 is 23.2 Å². The average Bonchev–Trinajstić information content (AvgIpc) is 2.74. The highest BCUT2D eigenvalue weighted by Gasteiger charge is 2.41. The quantitative estimate of drug-likeness (QED) is 0.634. The normalized spacial score (nSPS) is 18.2. The Bertz CT molecular complexity index is 638. The fourth-order valence-electron chi connectivity index (χ4n) is 1.98. The summed E-state index contributed by atoms with van der Waals surface area (Å²) in [6.07, 6.45) is 1.67. The highest BCUT2D eigenvalue weighted by molar-refractivity contribution is 8.18. The Morgan fingerprint density at radius 1 is 1.33 bits per heavy atom. The molecule has 1 fully saturated rings. The Morgan fingerprint density at radius 3 is 2.62 bits per heavy atom. The molecular weight excluding hydrogens is 290 g/mol. The lowest BCUT2D eigenvalue weighted by Crippen LogP contribution is -2.42. The second kappa shape index (κ2) is 6.13. The van der Waals surface area contributed by atoms with Gasteiger partial charge in [0.2, 0.25) is 0 Å².